The molecular weight excluding hydrogens is 272 g/mol. The first-order valence-corrected chi connectivity index (χ1v) is 8.19. The van der Waals surface area contributed by atoms with Gasteiger partial charge in [-0.2, -0.15) is 0 Å². The molecule has 0 saturated heterocycles. The van der Waals surface area contributed by atoms with Gasteiger partial charge in [-0.3, -0.25) is 0 Å². The largest absolute Gasteiger partial charge is 0.391 e. The fourth-order valence-corrected chi connectivity index (χ4v) is 3.09. The normalized spacial score (nSPS) is 14.1. The zero-order chi connectivity index (χ0) is 15.0. The second kappa shape index (κ2) is 8.97. The number of carbonyl (C=O) groups excluding carboxylic acids is 1. The molecule has 0 spiro atoms. The van der Waals surface area contributed by atoms with Crippen molar-refractivity contribution in [2.45, 2.75) is 52.2 Å². The smallest absolute Gasteiger partial charge is 0.315 e. The van der Waals surface area contributed by atoms with Crippen LogP contribution in [0.15, 0.2) is 17.5 Å². The molecule has 0 saturated carbocycles. The number of carbonyl (C=O) groups is 1. The number of aliphatic hydroxyl groups is 1. The highest BCUT2D eigenvalue weighted by atomic mass is 32.1. The molecule has 2 amide bonds. The summed E-state index contributed by atoms with van der Waals surface area (Å²) in [6, 6.07) is 3.95. The van der Waals surface area contributed by atoms with Gasteiger partial charge in [0.1, 0.15) is 0 Å². The van der Waals surface area contributed by atoms with E-state index >= 15 is 0 Å². The van der Waals surface area contributed by atoms with Crippen LogP contribution < -0.4 is 10.6 Å². The van der Waals surface area contributed by atoms with Crippen molar-refractivity contribution in [3.63, 3.8) is 0 Å². The van der Waals surface area contributed by atoms with Gasteiger partial charge in [0.25, 0.3) is 0 Å². The van der Waals surface area contributed by atoms with Crippen molar-refractivity contribution in [1.29, 1.82) is 0 Å². The summed E-state index contributed by atoms with van der Waals surface area (Å²) >= 11 is 1.69. The Morgan fingerprint density at radius 2 is 2.10 bits per heavy atom. The van der Waals surface area contributed by atoms with Gasteiger partial charge >= 0.3 is 6.03 Å². The van der Waals surface area contributed by atoms with E-state index < -0.39 is 6.10 Å². The van der Waals surface area contributed by atoms with E-state index in [0.717, 1.165) is 19.3 Å². The Bertz CT molecular complexity index is 377. The van der Waals surface area contributed by atoms with E-state index in [1.165, 1.54) is 4.88 Å². The molecule has 0 fully saturated rings. The first-order valence-electron chi connectivity index (χ1n) is 7.31. The molecular formula is C15H26N2O2S. The molecule has 0 aromatic carbocycles. The van der Waals surface area contributed by atoms with Gasteiger partial charge in [0.15, 0.2) is 0 Å². The highest BCUT2D eigenvalue weighted by Crippen LogP contribution is 2.12. The Kier molecular flexibility index (Phi) is 7.62. The number of rotatable bonds is 8. The molecule has 1 heterocycles. The lowest BCUT2D eigenvalue weighted by Gasteiger charge is -2.21. The Hall–Kier alpha value is -1.07. The number of nitrogens with one attached hydrogen (secondary N) is 2. The number of urea groups is 1. The van der Waals surface area contributed by atoms with Crippen molar-refractivity contribution in [2.75, 3.05) is 6.54 Å². The molecule has 1 aromatic heterocycles. The monoisotopic (exact) mass is 298 g/mol. The van der Waals surface area contributed by atoms with Crippen LogP contribution in [0, 0.1) is 5.92 Å². The van der Waals surface area contributed by atoms with Crippen LogP contribution in [0.2, 0.25) is 0 Å². The fraction of sp³-hybridized carbons (Fsp3) is 0.667. The maximum absolute atomic E-state index is 11.8. The topological polar surface area (TPSA) is 61.4 Å². The van der Waals surface area contributed by atoms with Crippen LogP contribution in [-0.4, -0.2) is 29.8 Å². The van der Waals surface area contributed by atoms with Gasteiger partial charge in [0.05, 0.1) is 6.10 Å². The minimum Gasteiger partial charge on any atom is -0.391 e. The average molecular weight is 298 g/mol. The lowest BCUT2D eigenvalue weighted by molar-refractivity contribution is 0.103. The second-order valence-corrected chi connectivity index (χ2v) is 6.22. The molecule has 0 bridgehead atoms. The summed E-state index contributed by atoms with van der Waals surface area (Å²) in [5.74, 6) is 0.249. The molecule has 0 aliphatic carbocycles. The summed E-state index contributed by atoms with van der Waals surface area (Å²) in [5, 5.41) is 17.6. The van der Waals surface area contributed by atoms with Crippen LogP contribution in [-0.2, 0) is 6.42 Å². The summed E-state index contributed by atoms with van der Waals surface area (Å²) in [6.45, 7) is 6.40. The first-order chi connectivity index (χ1) is 9.56. The van der Waals surface area contributed by atoms with E-state index in [2.05, 4.69) is 30.5 Å². The Morgan fingerprint density at radius 3 is 2.65 bits per heavy atom. The Labute approximate surface area is 125 Å². The molecule has 0 aliphatic heterocycles. The van der Waals surface area contributed by atoms with Crippen LogP contribution in [0.25, 0.3) is 0 Å². The van der Waals surface area contributed by atoms with Gasteiger partial charge < -0.3 is 15.7 Å². The van der Waals surface area contributed by atoms with Gasteiger partial charge in [-0.05, 0) is 24.3 Å². The molecule has 114 valence electrons. The summed E-state index contributed by atoms with van der Waals surface area (Å²) < 4.78 is 0. The molecule has 4 nitrogen and oxygen atoms in total. The van der Waals surface area contributed by atoms with Gasteiger partial charge in [-0.25, -0.2) is 4.79 Å². The molecule has 20 heavy (non-hydrogen) atoms. The Balaban J connectivity index is 2.25. The average Bonchev–Trinajstić information content (AvgIpc) is 2.90. The van der Waals surface area contributed by atoms with Crippen molar-refractivity contribution >= 4 is 17.4 Å². The summed E-state index contributed by atoms with van der Waals surface area (Å²) in [7, 11) is 0. The molecule has 1 rings (SSSR count). The fourth-order valence-electron chi connectivity index (χ4n) is 2.25. The summed E-state index contributed by atoms with van der Waals surface area (Å²) in [4.78, 5) is 13.0. The molecule has 0 aliphatic rings. The number of amides is 2. The highest BCUT2D eigenvalue weighted by Gasteiger charge is 2.16. The van der Waals surface area contributed by atoms with Crippen LogP contribution in [0.1, 0.15) is 38.5 Å². The highest BCUT2D eigenvalue weighted by molar-refractivity contribution is 7.09. The van der Waals surface area contributed by atoms with E-state index in [0.29, 0.717) is 6.54 Å². The molecule has 2 atom stereocenters. The van der Waals surface area contributed by atoms with Gasteiger partial charge in [-0.1, -0.05) is 32.8 Å². The van der Waals surface area contributed by atoms with E-state index in [4.69, 9.17) is 0 Å². The maximum atomic E-state index is 11.8. The maximum Gasteiger partial charge on any atom is 0.315 e. The molecule has 5 heteroatoms. The third-order valence-electron chi connectivity index (χ3n) is 3.53. The molecule has 1 aromatic rings. The third kappa shape index (κ3) is 5.92. The van der Waals surface area contributed by atoms with Gasteiger partial charge in [0, 0.05) is 23.9 Å². The lowest BCUT2D eigenvalue weighted by Crippen LogP contribution is -2.45. The van der Waals surface area contributed by atoms with Crippen LogP contribution in [0.3, 0.4) is 0 Å². The second-order valence-electron chi connectivity index (χ2n) is 5.18. The van der Waals surface area contributed by atoms with Crippen molar-refractivity contribution in [2.24, 2.45) is 5.92 Å². The van der Waals surface area contributed by atoms with Gasteiger partial charge in [-0.15, -0.1) is 11.3 Å². The standard InChI is InChI=1S/C15H26N2O2S/c1-4-12(5-2)14(18)10-16-15(19)17-11(3)9-13-7-6-8-20-13/h6-8,11-12,14,18H,4-5,9-10H2,1-3H3,(H2,16,17,19). The van der Waals surface area contributed by atoms with Crippen molar-refractivity contribution in [1.82, 2.24) is 10.6 Å². The molecule has 0 radical (unpaired) electrons. The van der Waals surface area contributed by atoms with E-state index in [1.807, 2.05) is 18.4 Å². The molecule has 3 N–H and O–H groups in total. The zero-order valence-electron chi connectivity index (χ0n) is 12.6. The Morgan fingerprint density at radius 1 is 1.40 bits per heavy atom. The van der Waals surface area contributed by atoms with E-state index in [-0.39, 0.29) is 18.0 Å². The van der Waals surface area contributed by atoms with Crippen LogP contribution >= 0.6 is 11.3 Å². The predicted molar refractivity (Wildman–Crippen MR) is 84.1 cm³/mol. The number of thiophene rings is 1. The van der Waals surface area contributed by atoms with Crippen LogP contribution in [0.5, 0.6) is 0 Å². The molecule has 2 unspecified atom stereocenters. The minimum absolute atomic E-state index is 0.0824. The first kappa shape index (κ1) is 17.0. The predicted octanol–water partition coefficient (Wildman–Crippen LogP) is 2.78. The van der Waals surface area contributed by atoms with Crippen molar-refractivity contribution in [3.05, 3.63) is 22.4 Å². The van der Waals surface area contributed by atoms with E-state index in [9.17, 15) is 9.90 Å². The number of hydrogen-bond donors (Lipinski definition) is 3. The van der Waals surface area contributed by atoms with Gasteiger partial charge in [0.2, 0.25) is 0 Å². The quantitative estimate of drug-likeness (QED) is 0.691. The summed E-state index contributed by atoms with van der Waals surface area (Å²) in [5.41, 5.74) is 0. The SMILES string of the molecule is CCC(CC)C(O)CNC(=O)NC(C)Cc1cccs1. The van der Waals surface area contributed by atoms with Crippen molar-refractivity contribution in [3.8, 4) is 0 Å². The lowest BCUT2D eigenvalue weighted by atomic mass is 9.97. The summed E-state index contributed by atoms with van der Waals surface area (Å²) in [6.07, 6.45) is 2.22. The number of aliphatic hydroxyl groups excluding tert-OH is 1. The zero-order valence-corrected chi connectivity index (χ0v) is 13.4. The minimum atomic E-state index is -0.469. The van der Waals surface area contributed by atoms with Crippen LogP contribution in [0.4, 0.5) is 4.79 Å². The van der Waals surface area contributed by atoms with E-state index in [1.54, 1.807) is 11.3 Å². The third-order valence-corrected chi connectivity index (χ3v) is 4.43. The van der Waals surface area contributed by atoms with Crippen molar-refractivity contribution < 1.29 is 9.90 Å². The number of hydrogen-bond acceptors (Lipinski definition) is 3.